The van der Waals surface area contributed by atoms with Crippen molar-refractivity contribution in [2.24, 2.45) is 5.92 Å². The molecular formula is C16H25NO2S2. The molecule has 0 fully saturated rings. The minimum atomic E-state index is -0.823. The van der Waals surface area contributed by atoms with Gasteiger partial charge >= 0.3 is 0 Å². The Kier molecular flexibility index (Phi) is 5.74. The number of thioether (sulfide) groups is 1. The summed E-state index contributed by atoms with van der Waals surface area (Å²) in [6, 6.07) is 2.06. The van der Waals surface area contributed by atoms with Gasteiger partial charge in [0, 0.05) is 11.4 Å². The largest absolute Gasteiger partial charge is 0.388 e. The second kappa shape index (κ2) is 7.16. The Morgan fingerprint density at radius 1 is 1.57 bits per heavy atom. The van der Waals surface area contributed by atoms with E-state index < -0.39 is 5.60 Å². The zero-order valence-corrected chi connectivity index (χ0v) is 14.6. The number of amides is 1. The van der Waals surface area contributed by atoms with Gasteiger partial charge in [-0.3, -0.25) is 4.79 Å². The summed E-state index contributed by atoms with van der Waals surface area (Å²) in [6.07, 6.45) is 2.75. The van der Waals surface area contributed by atoms with Crippen LogP contribution in [0.3, 0.4) is 0 Å². The minimum absolute atomic E-state index is 0.0316. The lowest BCUT2D eigenvalue weighted by atomic mass is 9.95. The Balaban J connectivity index is 1.88. The van der Waals surface area contributed by atoms with Gasteiger partial charge in [-0.25, -0.2) is 0 Å². The average molecular weight is 328 g/mol. The first-order chi connectivity index (χ1) is 9.89. The number of thiophene rings is 1. The molecule has 2 N–H and O–H groups in total. The highest BCUT2D eigenvalue weighted by molar-refractivity contribution is 8.00. The number of carbonyl (C=O) groups is 1. The predicted molar refractivity (Wildman–Crippen MR) is 90.9 cm³/mol. The first-order valence-electron chi connectivity index (χ1n) is 7.57. The number of hydrogen-bond acceptors (Lipinski definition) is 4. The summed E-state index contributed by atoms with van der Waals surface area (Å²) < 4.78 is 0. The molecule has 2 unspecified atom stereocenters. The lowest BCUT2D eigenvalue weighted by molar-refractivity contribution is -0.121. The molecule has 0 radical (unpaired) electrons. The van der Waals surface area contributed by atoms with Crippen LogP contribution in [0, 0.1) is 5.92 Å². The summed E-state index contributed by atoms with van der Waals surface area (Å²) in [5.74, 6) is 1.59. The molecule has 1 aliphatic heterocycles. The van der Waals surface area contributed by atoms with E-state index in [1.165, 1.54) is 4.88 Å². The Morgan fingerprint density at radius 2 is 2.33 bits per heavy atom. The van der Waals surface area contributed by atoms with Crippen LogP contribution in [-0.4, -0.2) is 28.9 Å². The number of carbonyl (C=O) groups excluding carboxylic acids is 1. The van der Waals surface area contributed by atoms with Crippen molar-refractivity contribution in [3.63, 3.8) is 0 Å². The predicted octanol–water partition coefficient (Wildman–Crippen LogP) is 3.38. The number of aryl methyl sites for hydroxylation is 1. The molecule has 0 saturated carbocycles. The van der Waals surface area contributed by atoms with Gasteiger partial charge in [0.1, 0.15) is 5.25 Å². The van der Waals surface area contributed by atoms with Crippen molar-refractivity contribution in [2.45, 2.75) is 50.9 Å². The number of fused-ring (bicyclic) bond motifs is 1. The van der Waals surface area contributed by atoms with E-state index in [0.29, 0.717) is 18.9 Å². The van der Waals surface area contributed by atoms with Gasteiger partial charge in [0.25, 0.3) is 0 Å². The van der Waals surface area contributed by atoms with Crippen LogP contribution in [0.25, 0.3) is 0 Å². The SMILES string of the molecule is CC(C)CCC(C)(O)CNC(=O)C1SCCc2sccc21. The molecule has 1 aromatic heterocycles. The zero-order valence-electron chi connectivity index (χ0n) is 13.0. The molecule has 1 aliphatic rings. The lowest BCUT2D eigenvalue weighted by Crippen LogP contribution is -2.42. The molecule has 1 amide bonds. The standard InChI is InChI=1S/C16H25NO2S2/c1-11(2)4-7-16(3,19)10-17-15(18)14-12-5-8-20-13(12)6-9-21-14/h5,8,11,14,19H,4,6-7,9-10H2,1-3H3,(H,17,18). The average Bonchev–Trinajstić information content (AvgIpc) is 2.91. The first-order valence-corrected chi connectivity index (χ1v) is 9.50. The number of aliphatic hydroxyl groups is 1. The molecule has 0 aromatic carbocycles. The smallest absolute Gasteiger partial charge is 0.237 e. The van der Waals surface area contributed by atoms with Crippen LogP contribution < -0.4 is 5.32 Å². The van der Waals surface area contributed by atoms with Gasteiger partial charge in [-0.05, 0) is 54.9 Å². The molecule has 5 heteroatoms. The Bertz CT molecular complexity index is 482. The van der Waals surface area contributed by atoms with Crippen molar-refractivity contribution in [1.82, 2.24) is 5.32 Å². The Hall–Kier alpha value is -0.520. The van der Waals surface area contributed by atoms with E-state index in [2.05, 4.69) is 30.6 Å². The molecule has 0 saturated heterocycles. The third-order valence-electron chi connectivity index (χ3n) is 3.82. The van der Waals surface area contributed by atoms with Crippen LogP contribution in [0.2, 0.25) is 0 Å². The first kappa shape index (κ1) is 16.8. The van der Waals surface area contributed by atoms with Crippen LogP contribution in [0.15, 0.2) is 11.4 Å². The van der Waals surface area contributed by atoms with Crippen molar-refractivity contribution >= 4 is 29.0 Å². The third-order valence-corrected chi connectivity index (χ3v) is 6.06. The highest BCUT2D eigenvalue weighted by atomic mass is 32.2. The van der Waals surface area contributed by atoms with E-state index in [9.17, 15) is 9.90 Å². The Morgan fingerprint density at radius 3 is 3.05 bits per heavy atom. The van der Waals surface area contributed by atoms with Crippen LogP contribution in [0.4, 0.5) is 0 Å². The highest BCUT2D eigenvalue weighted by Crippen LogP contribution is 2.39. The van der Waals surface area contributed by atoms with Crippen LogP contribution in [-0.2, 0) is 11.2 Å². The second-order valence-corrected chi connectivity index (χ2v) is 8.66. The summed E-state index contributed by atoms with van der Waals surface area (Å²) >= 11 is 3.44. The Labute approximate surface area is 135 Å². The van der Waals surface area contributed by atoms with Crippen molar-refractivity contribution < 1.29 is 9.90 Å². The number of rotatable bonds is 6. The van der Waals surface area contributed by atoms with Crippen LogP contribution in [0.1, 0.15) is 49.3 Å². The molecule has 118 valence electrons. The molecular weight excluding hydrogens is 302 g/mol. The van der Waals surface area contributed by atoms with Gasteiger partial charge in [0.2, 0.25) is 5.91 Å². The van der Waals surface area contributed by atoms with Gasteiger partial charge < -0.3 is 10.4 Å². The maximum atomic E-state index is 12.4. The molecule has 3 nitrogen and oxygen atoms in total. The highest BCUT2D eigenvalue weighted by Gasteiger charge is 2.29. The fourth-order valence-electron chi connectivity index (χ4n) is 2.42. The topological polar surface area (TPSA) is 49.3 Å². The lowest BCUT2D eigenvalue weighted by Gasteiger charge is -2.27. The van der Waals surface area contributed by atoms with Gasteiger partial charge in [-0.2, -0.15) is 0 Å². The van der Waals surface area contributed by atoms with Crippen LogP contribution in [0.5, 0.6) is 0 Å². The van der Waals surface area contributed by atoms with E-state index in [0.717, 1.165) is 24.2 Å². The molecule has 0 aliphatic carbocycles. The summed E-state index contributed by atoms with van der Waals surface area (Å²) in [6.45, 7) is 6.42. The van der Waals surface area contributed by atoms with E-state index >= 15 is 0 Å². The molecule has 2 rings (SSSR count). The van der Waals surface area contributed by atoms with Crippen LogP contribution >= 0.6 is 23.1 Å². The number of hydrogen-bond donors (Lipinski definition) is 2. The molecule has 0 bridgehead atoms. The molecule has 2 atom stereocenters. The van der Waals surface area contributed by atoms with Gasteiger partial charge in [-0.15, -0.1) is 23.1 Å². The van der Waals surface area contributed by atoms with Gasteiger partial charge in [0.15, 0.2) is 0 Å². The normalized spacial score (nSPS) is 20.9. The monoisotopic (exact) mass is 327 g/mol. The van der Waals surface area contributed by atoms with Gasteiger partial charge in [-0.1, -0.05) is 13.8 Å². The summed E-state index contributed by atoms with van der Waals surface area (Å²) in [5, 5.41) is 15.2. The third kappa shape index (κ3) is 4.73. The van der Waals surface area contributed by atoms with Crippen molar-refractivity contribution in [3.8, 4) is 0 Å². The minimum Gasteiger partial charge on any atom is -0.388 e. The maximum absolute atomic E-state index is 12.4. The van der Waals surface area contributed by atoms with E-state index in [1.807, 2.05) is 0 Å². The van der Waals surface area contributed by atoms with E-state index in [4.69, 9.17) is 0 Å². The van der Waals surface area contributed by atoms with Crippen molar-refractivity contribution in [1.29, 1.82) is 0 Å². The molecule has 21 heavy (non-hydrogen) atoms. The molecule has 2 heterocycles. The quantitative estimate of drug-likeness (QED) is 0.842. The number of nitrogens with one attached hydrogen (secondary N) is 1. The van der Waals surface area contributed by atoms with E-state index in [-0.39, 0.29) is 11.2 Å². The van der Waals surface area contributed by atoms with Crippen molar-refractivity contribution in [3.05, 3.63) is 21.9 Å². The summed E-state index contributed by atoms with van der Waals surface area (Å²) in [4.78, 5) is 13.7. The fourth-order valence-corrected chi connectivity index (χ4v) is 4.74. The van der Waals surface area contributed by atoms with Gasteiger partial charge in [0.05, 0.1) is 5.60 Å². The van der Waals surface area contributed by atoms with Crippen molar-refractivity contribution in [2.75, 3.05) is 12.3 Å². The maximum Gasteiger partial charge on any atom is 0.237 e. The van der Waals surface area contributed by atoms with E-state index in [1.54, 1.807) is 30.0 Å². The second-order valence-electron chi connectivity index (χ2n) is 6.45. The molecule has 0 spiro atoms. The molecule has 1 aromatic rings. The zero-order chi connectivity index (χ0) is 15.5. The fraction of sp³-hybridized carbons (Fsp3) is 0.688. The summed E-state index contributed by atoms with van der Waals surface area (Å²) in [7, 11) is 0. The summed E-state index contributed by atoms with van der Waals surface area (Å²) in [5.41, 5.74) is 0.340.